The van der Waals surface area contributed by atoms with Crippen LogP contribution in [0.1, 0.15) is 54.6 Å². The summed E-state index contributed by atoms with van der Waals surface area (Å²) < 4.78 is 2.22. The van der Waals surface area contributed by atoms with Crippen LogP contribution in [-0.4, -0.2) is 26.0 Å². The number of likely N-dealkylation sites (tertiary alicyclic amines) is 1. The Labute approximate surface area is 126 Å². The molecule has 112 valence electrons. The zero-order valence-electron chi connectivity index (χ0n) is 12.8. The van der Waals surface area contributed by atoms with Crippen molar-refractivity contribution in [2.45, 2.75) is 51.1 Å². The maximum absolute atomic E-state index is 4.93. The molecular weight excluding hydrogens is 260 g/mol. The van der Waals surface area contributed by atoms with Gasteiger partial charge in [0.2, 0.25) is 0 Å². The molecule has 4 rings (SSSR count). The van der Waals surface area contributed by atoms with Crippen molar-refractivity contribution in [3.63, 3.8) is 0 Å². The maximum atomic E-state index is 4.93. The predicted octanol–water partition coefficient (Wildman–Crippen LogP) is 2.96. The van der Waals surface area contributed by atoms with Gasteiger partial charge in [-0.25, -0.2) is 4.98 Å². The molecule has 0 bridgehead atoms. The molecule has 0 aromatic carbocycles. The molecule has 1 N–H and O–H groups in total. The van der Waals surface area contributed by atoms with Crippen LogP contribution in [0.15, 0.2) is 18.3 Å². The first kappa shape index (κ1) is 13.1. The number of H-pyrrole nitrogens is 1. The van der Waals surface area contributed by atoms with Gasteiger partial charge in [0, 0.05) is 31.2 Å². The highest BCUT2D eigenvalue weighted by atomic mass is 15.2. The van der Waals surface area contributed by atoms with Crippen LogP contribution < -0.4 is 0 Å². The molecule has 1 aliphatic carbocycles. The Bertz CT molecular complexity index is 601. The fourth-order valence-electron chi connectivity index (χ4n) is 3.83. The molecule has 1 unspecified atom stereocenters. The first-order chi connectivity index (χ1) is 10.3. The average molecular weight is 284 g/mol. The zero-order chi connectivity index (χ0) is 14.2. The van der Waals surface area contributed by atoms with Crippen molar-refractivity contribution in [1.82, 2.24) is 19.4 Å². The molecule has 0 radical (unpaired) electrons. The Morgan fingerprint density at radius 3 is 3.00 bits per heavy atom. The number of nitrogens with one attached hydrogen (secondary N) is 1. The molecule has 1 saturated heterocycles. The number of aryl methyl sites for hydroxylation is 3. The topological polar surface area (TPSA) is 36.9 Å². The monoisotopic (exact) mass is 284 g/mol. The molecule has 0 amide bonds. The van der Waals surface area contributed by atoms with Crippen LogP contribution in [0.2, 0.25) is 0 Å². The highest BCUT2D eigenvalue weighted by Crippen LogP contribution is 2.33. The molecule has 2 aromatic rings. The largest absolute Gasteiger partial charge is 0.353 e. The predicted molar refractivity (Wildman–Crippen MR) is 83.0 cm³/mol. The van der Waals surface area contributed by atoms with Crippen LogP contribution in [0.25, 0.3) is 0 Å². The lowest BCUT2D eigenvalue weighted by Gasteiger charge is -2.23. The summed E-state index contributed by atoms with van der Waals surface area (Å²) in [7, 11) is 2.13. The normalized spacial score (nSPS) is 22.6. The summed E-state index contributed by atoms with van der Waals surface area (Å²) in [6.45, 7) is 2.21. The summed E-state index contributed by atoms with van der Waals surface area (Å²) in [5, 5.41) is 0. The number of rotatable bonds is 3. The Kier molecular flexibility index (Phi) is 3.34. The van der Waals surface area contributed by atoms with Crippen molar-refractivity contribution in [3.05, 3.63) is 41.2 Å². The molecule has 2 aromatic heterocycles. The minimum absolute atomic E-state index is 0.477. The molecular formula is C17H24N4. The lowest BCUT2D eigenvalue weighted by Crippen LogP contribution is -2.24. The number of fused-ring (bicyclic) bond motifs is 1. The molecule has 0 spiro atoms. The Hall–Kier alpha value is -1.55. The third-order valence-electron chi connectivity index (χ3n) is 5.07. The van der Waals surface area contributed by atoms with Gasteiger partial charge < -0.3 is 9.55 Å². The molecule has 1 atom stereocenters. The molecule has 1 fully saturated rings. The summed E-state index contributed by atoms with van der Waals surface area (Å²) in [4.78, 5) is 11.2. The minimum Gasteiger partial charge on any atom is -0.353 e. The van der Waals surface area contributed by atoms with E-state index in [1.165, 1.54) is 61.6 Å². The molecule has 21 heavy (non-hydrogen) atoms. The number of hydrogen-bond donors (Lipinski definition) is 1. The fourth-order valence-corrected chi connectivity index (χ4v) is 3.83. The van der Waals surface area contributed by atoms with Crippen LogP contribution in [0.4, 0.5) is 0 Å². The molecule has 4 heteroatoms. The van der Waals surface area contributed by atoms with Crippen LogP contribution >= 0.6 is 0 Å². The Morgan fingerprint density at radius 1 is 1.29 bits per heavy atom. The summed E-state index contributed by atoms with van der Waals surface area (Å²) in [6, 6.07) is 4.83. The van der Waals surface area contributed by atoms with Crippen LogP contribution in [0, 0.1) is 0 Å². The van der Waals surface area contributed by atoms with E-state index in [9.17, 15) is 0 Å². The van der Waals surface area contributed by atoms with Gasteiger partial charge in [0.25, 0.3) is 0 Å². The summed E-state index contributed by atoms with van der Waals surface area (Å²) >= 11 is 0. The summed E-state index contributed by atoms with van der Waals surface area (Å²) in [5.74, 6) is 1.22. The molecule has 0 saturated carbocycles. The first-order valence-electron chi connectivity index (χ1n) is 8.23. The third kappa shape index (κ3) is 2.42. The van der Waals surface area contributed by atoms with E-state index in [1.54, 1.807) is 0 Å². The van der Waals surface area contributed by atoms with E-state index in [1.807, 2.05) is 0 Å². The van der Waals surface area contributed by atoms with Crippen molar-refractivity contribution >= 4 is 0 Å². The second-order valence-corrected chi connectivity index (χ2v) is 6.49. The average Bonchev–Trinajstić information content (AvgIpc) is 3.19. The van der Waals surface area contributed by atoms with Gasteiger partial charge in [0.1, 0.15) is 5.82 Å². The number of aromatic nitrogens is 3. The van der Waals surface area contributed by atoms with E-state index in [-0.39, 0.29) is 0 Å². The first-order valence-corrected chi connectivity index (χ1v) is 8.23. The number of imidazole rings is 1. The number of hydrogen-bond acceptors (Lipinski definition) is 2. The maximum Gasteiger partial charge on any atom is 0.124 e. The van der Waals surface area contributed by atoms with Crippen LogP contribution in [-0.2, 0) is 26.4 Å². The SMILES string of the molecule is Cn1cccc1CN1CCCC1c1nc2c([nH]1)CCCC2. The lowest BCUT2D eigenvalue weighted by atomic mass is 10.0. The van der Waals surface area contributed by atoms with Gasteiger partial charge in [-0.1, -0.05) is 0 Å². The van der Waals surface area contributed by atoms with Gasteiger partial charge in [-0.2, -0.15) is 0 Å². The van der Waals surface area contributed by atoms with Crippen molar-refractivity contribution in [1.29, 1.82) is 0 Å². The lowest BCUT2D eigenvalue weighted by molar-refractivity contribution is 0.235. The number of nitrogens with zero attached hydrogens (tertiary/aromatic N) is 3. The van der Waals surface area contributed by atoms with Gasteiger partial charge in [-0.05, 0) is 57.2 Å². The second kappa shape index (κ2) is 5.34. The second-order valence-electron chi connectivity index (χ2n) is 6.49. The summed E-state index contributed by atoms with van der Waals surface area (Å²) in [6.07, 6.45) is 9.61. The molecule has 4 nitrogen and oxygen atoms in total. The number of aromatic amines is 1. The van der Waals surface area contributed by atoms with Crippen LogP contribution in [0.3, 0.4) is 0 Å². The van der Waals surface area contributed by atoms with E-state index in [4.69, 9.17) is 4.98 Å². The highest BCUT2D eigenvalue weighted by Gasteiger charge is 2.30. The quantitative estimate of drug-likeness (QED) is 0.941. The van der Waals surface area contributed by atoms with E-state index in [0.29, 0.717) is 6.04 Å². The zero-order valence-corrected chi connectivity index (χ0v) is 12.8. The molecule has 2 aliphatic rings. The van der Waals surface area contributed by atoms with Crippen LogP contribution in [0.5, 0.6) is 0 Å². The van der Waals surface area contributed by atoms with Gasteiger partial charge in [0.05, 0.1) is 11.7 Å². The van der Waals surface area contributed by atoms with Gasteiger partial charge in [0.15, 0.2) is 0 Å². The van der Waals surface area contributed by atoms with Gasteiger partial charge in [-0.3, -0.25) is 4.90 Å². The van der Waals surface area contributed by atoms with E-state index in [0.717, 1.165) is 13.0 Å². The highest BCUT2D eigenvalue weighted by molar-refractivity contribution is 5.20. The molecule has 3 heterocycles. The minimum atomic E-state index is 0.477. The van der Waals surface area contributed by atoms with Gasteiger partial charge >= 0.3 is 0 Å². The third-order valence-corrected chi connectivity index (χ3v) is 5.07. The van der Waals surface area contributed by atoms with E-state index >= 15 is 0 Å². The van der Waals surface area contributed by atoms with Crippen molar-refractivity contribution < 1.29 is 0 Å². The van der Waals surface area contributed by atoms with Crippen molar-refractivity contribution in [2.24, 2.45) is 7.05 Å². The summed E-state index contributed by atoms with van der Waals surface area (Å²) in [5.41, 5.74) is 4.13. The fraction of sp³-hybridized carbons (Fsp3) is 0.588. The Morgan fingerprint density at radius 2 is 2.19 bits per heavy atom. The molecule has 1 aliphatic heterocycles. The van der Waals surface area contributed by atoms with E-state index < -0.39 is 0 Å². The smallest absolute Gasteiger partial charge is 0.124 e. The van der Waals surface area contributed by atoms with Crippen molar-refractivity contribution in [3.8, 4) is 0 Å². The van der Waals surface area contributed by atoms with Gasteiger partial charge in [-0.15, -0.1) is 0 Å². The van der Waals surface area contributed by atoms with E-state index in [2.05, 4.69) is 39.8 Å². The van der Waals surface area contributed by atoms with Crippen molar-refractivity contribution in [2.75, 3.05) is 6.54 Å². The standard InChI is InChI=1S/C17H24N4/c1-20-10-4-6-13(20)12-21-11-5-9-16(21)17-18-14-7-2-3-8-15(14)19-17/h4,6,10,16H,2-3,5,7-9,11-12H2,1H3,(H,18,19). The Balaban J connectivity index is 1.56.